The van der Waals surface area contributed by atoms with Gasteiger partial charge in [0.15, 0.2) is 0 Å². The molecule has 0 fully saturated rings. The Hall–Kier alpha value is -2.10. The van der Waals surface area contributed by atoms with Crippen LogP contribution in [0.2, 0.25) is 0 Å². The summed E-state index contributed by atoms with van der Waals surface area (Å²) in [5.41, 5.74) is 3.41. The molecule has 0 saturated heterocycles. The minimum atomic E-state index is 0.709. The van der Waals surface area contributed by atoms with Gasteiger partial charge in [-0.3, -0.25) is 0 Å². The predicted octanol–water partition coefficient (Wildman–Crippen LogP) is 3.38. The molecule has 1 aromatic heterocycles. The van der Waals surface area contributed by atoms with E-state index in [0.29, 0.717) is 6.42 Å². The van der Waals surface area contributed by atoms with Crippen LogP contribution >= 0.6 is 0 Å². The minimum Gasteiger partial charge on any atom is -0.497 e. The first-order valence-electron chi connectivity index (χ1n) is 7.41. The van der Waals surface area contributed by atoms with Crippen LogP contribution in [0.5, 0.6) is 5.75 Å². The maximum Gasteiger partial charge on any atom is 0.135 e. The van der Waals surface area contributed by atoms with E-state index >= 15 is 0 Å². The number of nitrogens with one attached hydrogen (secondary N) is 1. The average molecular weight is 285 g/mol. The second-order valence-electron chi connectivity index (χ2n) is 4.96. The Balaban J connectivity index is 2.31. The molecular weight excluding hydrogens is 262 g/mol. The fraction of sp³-hybridized carbons (Fsp3) is 0.412. The van der Waals surface area contributed by atoms with Crippen molar-refractivity contribution in [1.29, 1.82) is 0 Å². The molecule has 0 amide bonds. The molecular formula is C17H23N3O. The van der Waals surface area contributed by atoms with Gasteiger partial charge in [-0.1, -0.05) is 19.1 Å². The lowest BCUT2D eigenvalue weighted by molar-refractivity contribution is 0.414. The van der Waals surface area contributed by atoms with Crippen LogP contribution in [0.25, 0.3) is 0 Å². The maximum absolute atomic E-state index is 5.26. The smallest absolute Gasteiger partial charge is 0.135 e. The van der Waals surface area contributed by atoms with Gasteiger partial charge in [0.25, 0.3) is 0 Å². The molecule has 1 heterocycles. The summed E-state index contributed by atoms with van der Waals surface area (Å²) < 4.78 is 5.26. The number of ether oxygens (including phenoxy) is 1. The third kappa shape index (κ3) is 3.72. The summed E-state index contributed by atoms with van der Waals surface area (Å²) in [6, 6.07) is 8.04. The van der Waals surface area contributed by atoms with E-state index in [-0.39, 0.29) is 0 Å². The van der Waals surface area contributed by atoms with Crippen molar-refractivity contribution in [3.05, 3.63) is 46.9 Å². The first-order chi connectivity index (χ1) is 10.2. The van der Waals surface area contributed by atoms with Gasteiger partial charge in [-0.25, -0.2) is 9.97 Å². The van der Waals surface area contributed by atoms with Crippen LogP contribution in [0, 0.1) is 6.92 Å². The van der Waals surface area contributed by atoms with Crippen molar-refractivity contribution in [3.63, 3.8) is 0 Å². The zero-order valence-electron chi connectivity index (χ0n) is 13.2. The number of aryl methyl sites for hydroxylation is 1. The Morgan fingerprint density at radius 3 is 2.67 bits per heavy atom. The topological polar surface area (TPSA) is 47.0 Å². The first-order valence-corrected chi connectivity index (χ1v) is 7.41. The summed E-state index contributed by atoms with van der Waals surface area (Å²) in [5, 5.41) is 3.34. The van der Waals surface area contributed by atoms with Crippen LogP contribution in [0.15, 0.2) is 24.3 Å². The number of hydrogen-bond acceptors (Lipinski definition) is 4. The first kappa shape index (κ1) is 15.3. The van der Waals surface area contributed by atoms with Gasteiger partial charge in [0, 0.05) is 24.2 Å². The second kappa shape index (κ2) is 7.07. The molecule has 2 aromatic rings. The number of benzene rings is 1. The Bertz CT molecular complexity index is 611. The molecule has 0 bridgehead atoms. The van der Waals surface area contributed by atoms with E-state index < -0.39 is 0 Å². The zero-order valence-corrected chi connectivity index (χ0v) is 13.2. The average Bonchev–Trinajstić information content (AvgIpc) is 2.47. The van der Waals surface area contributed by atoms with Gasteiger partial charge in [-0.05, 0) is 38.0 Å². The standard InChI is InChI=1S/C17H23N3O/c1-5-15-12(3)19-16(20-17(15)18-6-2)11-13-8-7-9-14(10-13)21-4/h7-10H,5-6,11H2,1-4H3,(H,18,19,20). The molecule has 2 rings (SSSR count). The Morgan fingerprint density at radius 1 is 1.19 bits per heavy atom. The third-order valence-electron chi connectivity index (χ3n) is 3.45. The molecule has 0 radical (unpaired) electrons. The largest absolute Gasteiger partial charge is 0.497 e. The van der Waals surface area contributed by atoms with Crippen molar-refractivity contribution in [2.75, 3.05) is 19.0 Å². The molecule has 1 N–H and O–H groups in total. The van der Waals surface area contributed by atoms with E-state index in [0.717, 1.165) is 41.6 Å². The van der Waals surface area contributed by atoms with E-state index in [1.807, 2.05) is 18.2 Å². The Morgan fingerprint density at radius 2 is 2.00 bits per heavy atom. The number of rotatable bonds is 6. The van der Waals surface area contributed by atoms with Crippen molar-refractivity contribution < 1.29 is 4.74 Å². The lowest BCUT2D eigenvalue weighted by Gasteiger charge is -2.13. The molecule has 0 aliphatic carbocycles. The highest BCUT2D eigenvalue weighted by atomic mass is 16.5. The molecule has 0 spiro atoms. The highest BCUT2D eigenvalue weighted by molar-refractivity contribution is 5.47. The maximum atomic E-state index is 5.26. The van der Waals surface area contributed by atoms with Crippen LogP contribution in [0.1, 0.15) is 36.5 Å². The Labute approximate surface area is 126 Å². The normalized spacial score (nSPS) is 10.5. The number of hydrogen-bond donors (Lipinski definition) is 1. The monoisotopic (exact) mass is 285 g/mol. The van der Waals surface area contributed by atoms with Gasteiger partial charge < -0.3 is 10.1 Å². The summed E-state index contributed by atoms with van der Waals surface area (Å²) >= 11 is 0. The molecule has 0 saturated carbocycles. The van der Waals surface area contributed by atoms with Crippen LogP contribution in [-0.4, -0.2) is 23.6 Å². The lowest BCUT2D eigenvalue weighted by Crippen LogP contribution is -2.10. The van der Waals surface area contributed by atoms with E-state index in [4.69, 9.17) is 4.74 Å². The van der Waals surface area contributed by atoms with Crippen LogP contribution in [0.3, 0.4) is 0 Å². The van der Waals surface area contributed by atoms with Gasteiger partial charge in [-0.15, -0.1) is 0 Å². The number of nitrogens with zero attached hydrogens (tertiary/aromatic N) is 2. The molecule has 1 aromatic carbocycles. The predicted molar refractivity (Wildman–Crippen MR) is 86.1 cm³/mol. The van der Waals surface area contributed by atoms with E-state index in [2.05, 4.69) is 42.1 Å². The van der Waals surface area contributed by atoms with Crippen LogP contribution in [0.4, 0.5) is 5.82 Å². The highest BCUT2D eigenvalue weighted by Crippen LogP contribution is 2.19. The molecule has 0 atom stereocenters. The summed E-state index contributed by atoms with van der Waals surface area (Å²) in [7, 11) is 1.68. The fourth-order valence-electron chi connectivity index (χ4n) is 2.43. The summed E-state index contributed by atoms with van der Waals surface area (Å²) in [4.78, 5) is 9.33. The zero-order chi connectivity index (χ0) is 15.2. The number of anilines is 1. The molecule has 0 aliphatic heterocycles. The molecule has 4 nitrogen and oxygen atoms in total. The van der Waals surface area contributed by atoms with Gasteiger partial charge >= 0.3 is 0 Å². The van der Waals surface area contributed by atoms with Gasteiger partial charge in [0.1, 0.15) is 17.4 Å². The summed E-state index contributed by atoms with van der Waals surface area (Å²) in [6.07, 6.45) is 1.65. The van der Waals surface area contributed by atoms with Crippen LogP contribution in [-0.2, 0) is 12.8 Å². The van der Waals surface area contributed by atoms with Gasteiger partial charge in [0.05, 0.1) is 7.11 Å². The quantitative estimate of drug-likeness (QED) is 0.884. The molecule has 112 valence electrons. The fourth-order valence-corrected chi connectivity index (χ4v) is 2.43. The van der Waals surface area contributed by atoms with Crippen molar-refractivity contribution in [1.82, 2.24) is 9.97 Å². The van der Waals surface area contributed by atoms with Crippen LogP contribution < -0.4 is 10.1 Å². The summed E-state index contributed by atoms with van der Waals surface area (Å²) in [6.45, 7) is 7.13. The second-order valence-corrected chi connectivity index (χ2v) is 4.96. The number of aromatic nitrogens is 2. The van der Waals surface area contributed by atoms with Gasteiger partial charge in [0.2, 0.25) is 0 Å². The lowest BCUT2D eigenvalue weighted by atomic mass is 10.1. The number of methoxy groups -OCH3 is 1. The van der Waals surface area contributed by atoms with E-state index in [9.17, 15) is 0 Å². The Kier molecular flexibility index (Phi) is 5.14. The minimum absolute atomic E-state index is 0.709. The van der Waals surface area contributed by atoms with Gasteiger partial charge in [-0.2, -0.15) is 0 Å². The van der Waals surface area contributed by atoms with Crippen molar-refractivity contribution in [3.8, 4) is 5.75 Å². The van der Waals surface area contributed by atoms with E-state index in [1.165, 1.54) is 5.56 Å². The highest BCUT2D eigenvalue weighted by Gasteiger charge is 2.10. The van der Waals surface area contributed by atoms with Crippen molar-refractivity contribution in [2.45, 2.75) is 33.6 Å². The molecule has 4 heteroatoms. The van der Waals surface area contributed by atoms with E-state index in [1.54, 1.807) is 7.11 Å². The van der Waals surface area contributed by atoms with Crippen molar-refractivity contribution >= 4 is 5.82 Å². The SMILES string of the molecule is CCNc1nc(Cc2cccc(OC)c2)nc(C)c1CC. The molecule has 0 unspecified atom stereocenters. The third-order valence-corrected chi connectivity index (χ3v) is 3.45. The van der Waals surface area contributed by atoms with Crippen molar-refractivity contribution in [2.24, 2.45) is 0 Å². The summed E-state index contributed by atoms with van der Waals surface area (Å²) in [5.74, 6) is 2.67. The molecule has 0 aliphatic rings. The molecule has 21 heavy (non-hydrogen) atoms.